The van der Waals surface area contributed by atoms with Gasteiger partial charge >= 0.3 is 11.9 Å². The van der Waals surface area contributed by atoms with Gasteiger partial charge in [0.25, 0.3) is 0 Å². The molecule has 0 aliphatic heterocycles. The van der Waals surface area contributed by atoms with Crippen molar-refractivity contribution < 1.29 is 24.2 Å². The second kappa shape index (κ2) is 9.64. The molecule has 0 bridgehead atoms. The van der Waals surface area contributed by atoms with Crippen molar-refractivity contribution in [3.63, 3.8) is 0 Å². The summed E-state index contributed by atoms with van der Waals surface area (Å²) >= 11 is 1.31. The number of amides is 1. The Bertz CT molecular complexity index is 977. The van der Waals surface area contributed by atoms with Gasteiger partial charge in [-0.1, -0.05) is 51.0 Å². The number of hydrogen-bond acceptors (Lipinski definition) is 5. The molecule has 1 aliphatic rings. The molecule has 2 atom stereocenters. The smallest absolute Gasteiger partial charge is 0.341 e. The Balaban J connectivity index is 1.97. The van der Waals surface area contributed by atoms with Crippen molar-refractivity contribution in [3.05, 3.63) is 40.3 Å². The maximum atomic E-state index is 13.0. The molecule has 0 saturated heterocycles. The summed E-state index contributed by atoms with van der Waals surface area (Å²) in [5, 5.41) is 12.8. The number of rotatable bonds is 6. The van der Waals surface area contributed by atoms with E-state index in [1.807, 2.05) is 31.2 Å². The Morgan fingerprint density at radius 2 is 1.71 bits per heavy atom. The number of carboxylic acids is 1. The largest absolute Gasteiger partial charge is 0.481 e. The van der Waals surface area contributed by atoms with Gasteiger partial charge < -0.3 is 15.2 Å². The van der Waals surface area contributed by atoms with Crippen LogP contribution in [-0.4, -0.2) is 30.1 Å². The Kier molecular flexibility index (Phi) is 7.15. The summed E-state index contributed by atoms with van der Waals surface area (Å²) < 4.78 is 5.02. The summed E-state index contributed by atoms with van der Waals surface area (Å²) in [5.74, 6) is -2.72. The number of ether oxygens (including phenoxy) is 1. The zero-order chi connectivity index (χ0) is 22.7. The number of benzene rings is 1. The van der Waals surface area contributed by atoms with Crippen LogP contribution in [0.3, 0.4) is 0 Å². The molecule has 1 aromatic carbocycles. The van der Waals surface area contributed by atoms with Crippen LogP contribution in [0.1, 0.15) is 66.2 Å². The first-order chi connectivity index (χ1) is 14.7. The Morgan fingerprint density at radius 1 is 1.10 bits per heavy atom. The quantitative estimate of drug-likeness (QED) is 0.578. The number of nitrogens with one attached hydrogen (secondary N) is 1. The van der Waals surface area contributed by atoms with Crippen LogP contribution >= 0.6 is 11.3 Å². The van der Waals surface area contributed by atoms with E-state index in [1.165, 1.54) is 24.0 Å². The molecule has 2 aromatic rings. The molecule has 7 heteroatoms. The zero-order valence-corrected chi connectivity index (χ0v) is 19.2. The molecule has 1 fully saturated rings. The summed E-state index contributed by atoms with van der Waals surface area (Å²) in [6, 6.07) is 8.03. The lowest BCUT2D eigenvalue weighted by Gasteiger charge is -2.27. The van der Waals surface area contributed by atoms with E-state index in [1.54, 1.807) is 0 Å². The number of carbonyl (C=O) groups is 3. The number of hydrogen-bond donors (Lipinski definition) is 2. The topological polar surface area (TPSA) is 92.7 Å². The van der Waals surface area contributed by atoms with Crippen LogP contribution in [0.5, 0.6) is 0 Å². The van der Waals surface area contributed by atoms with Gasteiger partial charge in [-0.2, -0.15) is 0 Å². The first kappa shape index (κ1) is 23.0. The van der Waals surface area contributed by atoms with E-state index in [-0.39, 0.29) is 5.91 Å². The van der Waals surface area contributed by atoms with E-state index < -0.39 is 23.8 Å². The average molecular weight is 444 g/mol. The van der Waals surface area contributed by atoms with Crippen molar-refractivity contribution in [2.24, 2.45) is 11.8 Å². The van der Waals surface area contributed by atoms with Crippen LogP contribution in [0.15, 0.2) is 24.3 Å². The summed E-state index contributed by atoms with van der Waals surface area (Å²) in [6.07, 6.45) is 2.66. The first-order valence-corrected chi connectivity index (χ1v) is 11.4. The van der Waals surface area contributed by atoms with E-state index in [4.69, 9.17) is 4.74 Å². The van der Waals surface area contributed by atoms with Crippen LogP contribution in [0, 0.1) is 18.8 Å². The van der Waals surface area contributed by atoms with Crippen molar-refractivity contribution in [2.45, 2.75) is 52.4 Å². The fourth-order valence-corrected chi connectivity index (χ4v) is 5.32. The van der Waals surface area contributed by atoms with E-state index in [2.05, 4.69) is 19.2 Å². The molecular formula is C24H29NO5S. The number of carboxylic acid groups (broad SMARTS) is 1. The molecule has 3 rings (SSSR count). The molecule has 31 heavy (non-hydrogen) atoms. The van der Waals surface area contributed by atoms with E-state index in [0.29, 0.717) is 29.3 Å². The molecule has 1 aromatic heterocycles. The van der Waals surface area contributed by atoms with Crippen LogP contribution in [0.25, 0.3) is 11.1 Å². The lowest BCUT2D eigenvalue weighted by Crippen LogP contribution is -2.36. The lowest BCUT2D eigenvalue weighted by molar-refractivity contribution is -0.147. The van der Waals surface area contributed by atoms with Crippen LogP contribution < -0.4 is 5.32 Å². The van der Waals surface area contributed by atoms with Crippen molar-refractivity contribution in [1.29, 1.82) is 0 Å². The maximum Gasteiger partial charge on any atom is 0.341 e. The van der Waals surface area contributed by atoms with Gasteiger partial charge in [-0.05, 0) is 36.8 Å². The second-order valence-electron chi connectivity index (χ2n) is 8.33. The lowest BCUT2D eigenvalue weighted by atomic mass is 9.78. The monoisotopic (exact) mass is 443 g/mol. The molecule has 0 radical (unpaired) electrons. The van der Waals surface area contributed by atoms with E-state index in [0.717, 1.165) is 28.8 Å². The first-order valence-electron chi connectivity index (χ1n) is 10.6. The number of thiophene rings is 1. The van der Waals surface area contributed by atoms with Crippen molar-refractivity contribution in [2.75, 3.05) is 12.4 Å². The van der Waals surface area contributed by atoms with Crippen LogP contribution in [0.4, 0.5) is 5.00 Å². The van der Waals surface area contributed by atoms with Gasteiger partial charge in [0.15, 0.2) is 0 Å². The van der Waals surface area contributed by atoms with Crippen molar-refractivity contribution in [3.8, 4) is 11.1 Å². The third kappa shape index (κ3) is 4.82. The Labute approximate surface area is 186 Å². The second-order valence-corrected chi connectivity index (χ2v) is 9.56. The number of anilines is 1. The average Bonchev–Trinajstić information content (AvgIpc) is 3.08. The predicted molar refractivity (Wildman–Crippen MR) is 122 cm³/mol. The van der Waals surface area contributed by atoms with Gasteiger partial charge in [0.05, 0.1) is 18.9 Å². The maximum absolute atomic E-state index is 13.0. The molecule has 1 aliphatic carbocycles. The normalized spacial score (nSPS) is 18.6. The number of esters is 1. The minimum Gasteiger partial charge on any atom is -0.481 e. The Morgan fingerprint density at radius 3 is 2.26 bits per heavy atom. The SMILES string of the molecule is COC(=O)c1c(NC(=O)[C@@H]2CCCC[C@@H]2C(=O)O)sc(C)c1-c1ccc(C(C)C)cc1. The van der Waals surface area contributed by atoms with E-state index >= 15 is 0 Å². The highest BCUT2D eigenvalue weighted by molar-refractivity contribution is 7.17. The minimum atomic E-state index is -0.943. The highest BCUT2D eigenvalue weighted by Gasteiger charge is 2.36. The van der Waals surface area contributed by atoms with Gasteiger partial charge in [-0.3, -0.25) is 9.59 Å². The van der Waals surface area contributed by atoms with Crippen LogP contribution in [0.2, 0.25) is 0 Å². The summed E-state index contributed by atoms with van der Waals surface area (Å²) in [4.78, 5) is 38.2. The fourth-order valence-electron chi connectivity index (χ4n) is 4.26. The van der Waals surface area contributed by atoms with Crippen molar-refractivity contribution in [1.82, 2.24) is 0 Å². The molecular weight excluding hydrogens is 414 g/mol. The highest BCUT2D eigenvalue weighted by atomic mass is 32.1. The molecule has 6 nitrogen and oxygen atoms in total. The third-order valence-corrected chi connectivity index (χ3v) is 7.02. The molecule has 1 amide bonds. The van der Waals surface area contributed by atoms with Gasteiger partial charge in [-0.15, -0.1) is 11.3 Å². The molecule has 2 N–H and O–H groups in total. The van der Waals surface area contributed by atoms with E-state index in [9.17, 15) is 19.5 Å². The molecule has 0 unspecified atom stereocenters. The Hall–Kier alpha value is -2.67. The predicted octanol–water partition coefficient (Wildman–Crippen LogP) is 5.46. The summed E-state index contributed by atoms with van der Waals surface area (Å²) in [7, 11) is 1.31. The standard InChI is InChI=1S/C24H29NO5S/c1-13(2)15-9-11-16(12-10-15)19-14(3)31-22(20(19)24(29)30-4)25-21(26)17-7-5-6-8-18(17)23(27)28/h9-13,17-18H,5-8H2,1-4H3,(H,25,26)(H,27,28)/t17-,18+/m1/s1. The molecule has 0 spiro atoms. The summed E-state index contributed by atoms with van der Waals surface area (Å²) in [6.45, 7) is 6.14. The summed E-state index contributed by atoms with van der Waals surface area (Å²) in [5.41, 5.74) is 3.13. The fraction of sp³-hybridized carbons (Fsp3) is 0.458. The number of methoxy groups -OCH3 is 1. The number of carbonyl (C=O) groups excluding carboxylic acids is 2. The van der Waals surface area contributed by atoms with Crippen molar-refractivity contribution >= 4 is 34.2 Å². The van der Waals surface area contributed by atoms with Gasteiger partial charge in [0, 0.05) is 10.4 Å². The minimum absolute atomic E-state index is 0.318. The number of aryl methyl sites for hydroxylation is 1. The zero-order valence-electron chi connectivity index (χ0n) is 18.4. The van der Waals surface area contributed by atoms with Gasteiger partial charge in [0.1, 0.15) is 10.6 Å². The molecule has 1 heterocycles. The van der Waals surface area contributed by atoms with Gasteiger partial charge in [0.2, 0.25) is 5.91 Å². The molecule has 166 valence electrons. The third-order valence-electron chi connectivity index (χ3n) is 6.00. The van der Waals surface area contributed by atoms with Gasteiger partial charge in [-0.25, -0.2) is 4.79 Å². The van der Waals surface area contributed by atoms with Crippen LogP contribution in [-0.2, 0) is 14.3 Å². The number of aliphatic carboxylic acids is 1. The molecule has 1 saturated carbocycles. The highest BCUT2D eigenvalue weighted by Crippen LogP contribution is 2.41.